The number of benzene rings is 1. The van der Waals surface area contributed by atoms with E-state index in [1.165, 1.54) is 0 Å². The number of aromatic amines is 1. The van der Waals surface area contributed by atoms with Crippen molar-refractivity contribution in [2.24, 2.45) is 5.73 Å². The van der Waals surface area contributed by atoms with E-state index in [0.717, 1.165) is 11.1 Å². The van der Waals surface area contributed by atoms with Crippen LogP contribution in [0.15, 0.2) is 42.7 Å². The van der Waals surface area contributed by atoms with Crippen LogP contribution in [0.3, 0.4) is 0 Å². The molecule has 0 aliphatic heterocycles. The summed E-state index contributed by atoms with van der Waals surface area (Å²) in [6.07, 6.45) is 3.56. The molecule has 0 radical (unpaired) electrons. The number of rotatable bonds is 2. The van der Waals surface area contributed by atoms with Crippen molar-refractivity contribution in [2.75, 3.05) is 0 Å². The zero-order valence-corrected chi connectivity index (χ0v) is 7.14. The first-order chi connectivity index (χ1) is 6.38. The summed E-state index contributed by atoms with van der Waals surface area (Å²) in [5, 5.41) is 6.61. The second-order valence-corrected chi connectivity index (χ2v) is 2.92. The van der Waals surface area contributed by atoms with E-state index in [9.17, 15) is 0 Å². The highest BCUT2D eigenvalue weighted by Gasteiger charge is 2.07. The van der Waals surface area contributed by atoms with E-state index in [4.69, 9.17) is 5.73 Å². The van der Waals surface area contributed by atoms with E-state index < -0.39 is 0 Å². The normalized spacial score (nSPS) is 12.7. The number of hydrogen-bond acceptors (Lipinski definition) is 2. The Morgan fingerprint density at radius 3 is 2.54 bits per heavy atom. The van der Waals surface area contributed by atoms with Gasteiger partial charge < -0.3 is 5.73 Å². The summed E-state index contributed by atoms with van der Waals surface area (Å²) in [5.74, 6) is 0. The quantitative estimate of drug-likeness (QED) is 0.722. The number of H-pyrrole nitrogens is 1. The maximum absolute atomic E-state index is 6.00. The van der Waals surface area contributed by atoms with E-state index in [0.29, 0.717) is 0 Å². The molecule has 13 heavy (non-hydrogen) atoms. The second-order valence-electron chi connectivity index (χ2n) is 2.92. The Labute approximate surface area is 76.6 Å². The van der Waals surface area contributed by atoms with E-state index in [-0.39, 0.29) is 6.04 Å². The Hall–Kier alpha value is -1.61. The van der Waals surface area contributed by atoms with E-state index in [1.807, 2.05) is 36.5 Å². The lowest BCUT2D eigenvalue weighted by molar-refractivity contribution is 0.873. The first kappa shape index (κ1) is 8.01. The number of nitrogens with two attached hydrogens (primary N) is 1. The summed E-state index contributed by atoms with van der Waals surface area (Å²) in [6, 6.07) is 9.88. The molecular weight excluding hydrogens is 162 g/mol. The van der Waals surface area contributed by atoms with Gasteiger partial charge in [0.1, 0.15) is 0 Å². The summed E-state index contributed by atoms with van der Waals surface area (Å²) in [5.41, 5.74) is 8.11. The third-order valence-electron chi connectivity index (χ3n) is 2.04. The Morgan fingerprint density at radius 2 is 1.92 bits per heavy atom. The van der Waals surface area contributed by atoms with Crippen LogP contribution in [0.25, 0.3) is 0 Å². The average Bonchev–Trinajstić information content (AvgIpc) is 2.71. The molecule has 0 spiro atoms. The summed E-state index contributed by atoms with van der Waals surface area (Å²) in [6.45, 7) is 0. The molecule has 3 nitrogen and oxygen atoms in total. The Kier molecular flexibility index (Phi) is 2.10. The first-order valence-corrected chi connectivity index (χ1v) is 4.17. The van der Waals surface area contributed by atoms with Gasteiger partial charge in [-0.3, -0.25) is 5.10 Å². The molecule has 1 aromatic heterocycles. The third-order valence-corrected chi connectivity index (χ3v) is 2.04. The predicted molar refractivity (Wildman–Crippen MR) is 51.1 cm³/mol. The lowest BCUT2D eigenvalue weighted by atomic mass is 10.0. The summed E-state index contributed by atoms with van der Waals surface area (Å²) in [4.78, 5) is 0. The molecule has 0 aliphatic rings. The molecule has 0 fully saturated rings. The molecule has 1 aromatic carbocycles. The first-order valence-electron chi connectivity index (χ1n) is 4.17. The molecule has 0 saturated carbocycles. The van der Waals surface area contributed by atoms with Crippen molar-refractivity contribution in [2.45, 2.75) is 6.04 Å². The van der Waals surface area contributed by atoms with Crippen LogP contribution in [-0.2, 0) is 0 Å². The van der Waals surface area contributed by atoms with E-state index in [1.54, 1.807) is 6.20 Å². The highest BCUT2D eigenvalue weighted by molar-refractivity contribution is 5.27. The van der Waals surface area contributed by atoms with E-state index >= 15 is 0 Å². The molecule has 0 amide bonds. The van der Waals surface area contributed by atoms with Crippen LogP contribution < -0.4 is 5.73 Å². The molecular formula is C10H11N3. The maximum atomic E-state index is 6.00. The average molecular weight is 173 g/mol. The van der Waals surface area contributed by atoms with Crippen molar-refractivity contribution in [3.63, 3.8) is 0 Å². The maximum Gasteiger partial charge on any atom is 0.0582 e. The van der Waals surface area contributed by atoms with Crippen molar-refractivity contribution < 1.29 is 0 Å². The van der Waals surface area contributed by atoms with Crippen molar-refractivity contribution >= 4 is 0 Å². The van der Waals surface area contributed by atoms with Gasteiger partial charge in [-0.25, -0.2) is 0 Å². The fraction of sp³-hybridized carbons (Fsp3) is 0.100. The van der Waals surface area contributed by atoms with Crippen LogP contribution in [-0.4, -0.2) is 10.2 Å². The summed E-state index contributed by atoms with van der Waals surface area (Å²) < 4.78 is 0. The van der Waals surface area contributed by atoms with Crippen molar-refractivity contribution in [1.82, 2.24) is 10.2 Å². The molecule has 3 N–H and O–H groups in total. The molecule has 1 heterocycles. The van der Waals surface area contributed by atoms with Gasteiger partial charge in [-0.05, 0) is 5.56 Å². The SMILES string of the molecule is NC(c1ccccc1)c1cn[nH]c1. The highest BCUT2D eigenvalue weighted by Crippen LogP contribution is 2.16. The molecule has 0 saturated heterocycles. The molecule has 1 atom stereocenters. The van der Waals surface area contributed by atoms with Gasteiger partial charge in [0, 0.05) is 11.8 Å². The number of nitrogens with one attached hydrogen (secondary N) is 1. The van der Waals surface area contributed by atoms with Gasteiger partial charge in [0.2, 0.25) is 0 Å². The topological polar surface area (TPSA) is 54.7 Å². The molecule has 2 aromatic rings. The highest BCUT2D eigenvalue weighted by atomic mass is 15.1. The van der Waals surface area contributed by atoms with Crippen LogP contribution >= 0.6 is 0 Å². The van der Waals surface area contributed by atoms with Crippen molar-refractivity contribution in [1.29, 1.82) is 0 Å². The standard InChI is InChI=1S/C10H11N3/c11-10(9-6-12-13-7-9)8-4-2-1-3-5-8/h1-7,10H,11H2,(H,12,13). The molecule has 2 rings (SSSR count). The lowest BCUT2D eigenvalue weighted by Crippen LogP contribution is -2.10. The summed E-state index contributed by atoms with van der Waals surface area (Å²) >= 11 is 0. The molecule has 3 heteroatoms. The second kappa shape index (κ2) is 3.41. The number of hydrogen-bond donors (Lipinski definition) is 2. The largest absolute Gasteiger partial charge is 0.320 e. The van der Waals surface area contributed by atoms with Gasteiger partial charge in [0.15, 0.2) is 0 Å². The van der Waals surface area contributed by atoms with Crippen LogP contribution in [0, 0.1) is 0 Å². The Balaban J connectivity index is 2.29. The molecule has 66 valence electrons. The van der Waals surface area contributed by atoms with Crippen molar-refractivity contribution in [3.05, 3.63) is 53.9 Å². The van der Waals surface area contributed by atoms with Gasteiger partial charge in [-0.15, -0.1) is 0 Å². The Bertz CT molecular complexity index is 353. The fourth-order valence-electron chi connectivity index (χ4n) is 1.28. The Morgan fingerprint density at radius 1 is 1.15 bits per heavy atom. The fourth-order valence-corrected chi connectivity index (χ4v) is 1.28. The van der Waals surface area contributed by atoms with Crippen LogP contribution in [0.4, 0.5) is 0 Å². The monoisotopic (exact) mass is 173 g/mol. The van der Waals surface area contributed by atoms with Gasteiger partial charge in [-0.1, -0.05) is 30.3 Å². The smallest absolute Gasteiger partial charge is 0.0582 e. The minimum atomic E-state index is -0.0834. The van der Waals surface area contributed by atoms with Gasteiger partial charge in [0.05, 0.1) is 12.2 Å². The van der Waals surface area contributed by atoms with Crippen LogP contribution in [0.2, 0.25) is 0 Å². The van der Waals surface area contributed by atoms with Gasteiger partial charge in [0.25, 0.3) is 0 Å². The zero-order valence-electron chi connectivity index (χ0n) is 7.14. The van der Waals surface area contributed by atoms with Crippen molar-refractivity contribution in [3.8, 4) is 0 Å². The number of nitrogens with zero attached hydrogens (tertiary/aromatic N) is 1. The molecule has 0 aliphatic carbocycles. The molecule has 0 bridgehead atoms. The minimum Gasteiger partial charge on any atom is -0.320 e. The van der Waals surface area contributed by atoms with Gasteiger partial charge in [-0.2, -0.15) is 5.10 Å². The van der Waals surface area contributed by atoms with E-state index in [2.05, 4.69) is 10.2 Å². The summed E-state index contributed by atoms with van der Waals surface area (Å²) in [7, 11) is 0. The minimum absolute atomic E-state index is 0.0834. The third kappa shape index (κ3) is 1.60. The number of aromatic nitrogens is 2. The predicted octanol–water partition coefficient (Wildman–Crippen LogP) is 1.46. The molecule has 1 unspecified atom stereocenters. The van der Waals surface area contributed by atoms with Crippen LogP contribution in [0.1, 0.15) is 17.2 Å². The van der Waals surface area contributed by atoms with Crippen LogP contribution in [0.5, 0.6) is 0 Å². The lowest BCUT2D eigenvalue weighted by Gasteiger charge is -2.08. The zero-order chi connectivity index (χ0) is 9.10. The van der Waals surface area contributed by atoms with Gasteiger partial charge >= 0.3 is 0 Å².